The lowest BCUT2D eigenvalue weighted by atomic mass is 9.91. The Bertz CT molecular complexity index is 703. The van der Waals surface area contributed by atoms with Crippen LogP contribution < -0.4 is 5.32 Å². The molecule has 1 aromatic carbocycles. The van der Waals surface area contributed by atoms with E-state index < -0.39 is 0 Å². The highest BCUT2D eigenvalue weighted by Gasteiger charge is 2.41. The maximum absolute atomic E-state index is 12.4. The van der Waals surface area contributed by atoms with Crippen LogP contribution in [0.3, 0.4) is 0 Å². The number of carbonyl (C=O) groups is 2. The van der Waals surface area contributed by atoms with Gasteiger partial charge in [-0.15, -0.1) is 0 Å². The van der Waals surface area contributed by atoms with E-state index >= 15 is 0 Å². The fraction of sp³-hybridized carbons (Fsp3) is 0.652. The van der Waals surface area contributed by atoms with Gasteiger partial charge in [-0.3, -0.25) is 14.5 Å². The van der Waals surface area contributed by atoms with Crippen molar-refractivity contribution in [2.45, 2.75) is 58.7 Å². The van der Waals surface area contributed by atoms with Crippen LogP contribution in [0.15, 0.2) is 24.3 Å². The summed E-state index contributed by atoms with van der Waals surface area (Å²) in [4.78, 5) is 28.9. The van der Waals surface area contributed by atoms with E-state index in [1.807, 2.05) is 4.90 Å². The summed E-state index contributed by atoms with van der Waals surface area (Å²) in [7, 11) is 0. The van der Waals surface area contributed by atoms with Gasteiger partial charge in [-0.1, -0.05) is 38.1 Å². The molecule has 28 heavy (non-hydrogen) atoms. The second-order valence-electron chi connectivity index (χ2n) is 9.35. The molecule has 5 heteroatoms. The first-order valence-electron chi connectivity index (χ1n) is 10.8. The Balaban J connectivity index is 1.24. The second-order valence-corrected chi connectivity index (χ2v) is 9.35. The maximum Gasteiger partial charge on any atom is 0.225 e. The third-order valence-electron chi connectivity index (χ3n) is 6.36. The first kappa shape index (κ1) is 19.4. The van der Waals surface area contributed by atoms with Gasteiger partial charge in [-0.2, -0.15) is 0 Å². The van der Waals surface area contributed by atoms with E-state index in [2.05, 4.69) is 48.3 Å². The van der Waals surface area contributed by atoms with Crippen LogP contribution in [0.5, 0.6) is 0 Å². The van der Waals surface area contributed by atoms with E-state index in [0.29, 0.717) is 25.6 Å². The average Bonchev–Trinajstić information content (AvgIpc) is 3.42. The largest absolute Gasteiger partial charge is 0.352 e. The zero-order chi connectivity index (χ0) is 19.7. The monoisotopic (exact) mass is 383 g/mol. The number of likely N-dealkylation sites (tertiary alicyclic amines) is 2. The topological polar surface area (TPSA) is 52.7 Å². The third-order valence-corrected chi connectivity index (χ3v) is 6.36. The van der Waals surface area contributed by atoms with Crippen LogP contribution in [0.4, 0.5) is 0 Å². The molecule has 152 valence electrons. The minimum absolute atomic E-state index is 0.0110. The van der Waals surface area contributed by atoms with E-state index in [0.717, 1.165) is 36.8 Å². The summed E-state index contributed by atoms with van der Waals surface area (Å²) in [5, 5.41) is 3.03. The number of hydrogen-bond donors (Lipinski definition) is 1. The molecule has 2 aliphatic heterocycles. The molecule has 4 rings (SSSR count). The van der Waals surface area contributed by atoms with E-state index in [1.54, 1.807) is 0 Å². The van der Waals surface area contributed by atoms with Gasteiger partial charge in [0.2, 0.25) is 11.8 Å². The SMILES string of the molecule is CC1CC(C)CN(Cc2ccc(CNC(=O)C3CC(=O)N(C4CC4)C3)cc2)C1. The number of benzene rings is 1. The Labute approximate surface area is 168 Å². The van der Waals surface area contributed by atoms with Crippen LogP contribution in [-0.2, 0) is 22.7 Å². The lowest BCUT2D eigenvalue weighted by molar-refractivity contribution is -0.129. The van der Waals surface area contributed by atoms with Crippen molar-refractivity contribution in [1.82, 2.24) is 15.1 Å². The average molecular weight is 384 g/mol. The summed E-state index contributed by atoms with van der Waals surface area (Å²) in [6.45, 7) is 9.18. The Kier molecular flexibility index (Phi) is 5.72. The number of hydrogen-bond acceptors (Lipinski definition) is 3. The highest BCUT2D eigenvalue weighted by Crippen LogP contribution is 2.32. The van der Waals surface area contributed by atoms with Crippen molar-refractivity contribution in [3.05, 3.63) is 35.4 Å². The minimum atomic E-state index is -0.185. The quantitative estimate of drug-likeness (QED) is 0.822. The van der Waals surface area contributed by atoms with Crippen molar-refractivity contribution in [2.75, 3.05) is 19.6 Å². The number of nitrogens with one attached hydrogen (secondary N) is 1. The number of rotatable bonds is 6. The van der Waals surface area contributed by atoms with Gasteiger partial charge in [0.1, 0.15) is 0 Å². The van der Waals surface area contributed by atoms with Crippen molar-refractivity contribution in [3.8, 4) is 0 Å². The molecule has 2 saturated heterocycles. The van der Waals surface area contributed by atoms with E-state index in [1.165, 1.54) is 25.1 Å². The van der Waals surface area contributed by atoms with Crippen LogP contribution in [0.1, 0.15) is 50.7 Å². The van der Waals surface area contributed by atoms with Crippen molar-refractivity contribution in [1.29, 1.82) is 0 Å². The van der Waals surface area contributed by atoms with Crippen LogP contribution in [0, 0.1) is 17.8 Å². The van der Waals surface area contributed by atoms with Crippen LogP contribution in [0.25, 0.3) is 0 Å². The number of carbonyl (C=O) groups excluding carboxylic acids is 2. The van der Waals surface area contributed by atoms with Gasteiger partial charge in [-0.25, -0.2) is 0 Å². The molecule has 1 saturated carbocycles. The van der Waals surface area contributed by atoms with Crippen molar-refractivity contribution >= 4 is 11.8 Å². The summed E-state index contributed by atoms with van der Waals surface area (Å²) in [6.07, 6.45) is 3.90. The number of amides is 2. The van der Waals surface area contributed by atoms with Gasteiger partial charge in [0.05, 0.1) is 5.92 Å². The molecule has 5 nitrogen and oxygen atoms in total. The molecule has 1 aliphatic carbocycles. The number of piperidine rings is 1. The molecule has 1 aromatic rings. The Morgan fingerprint density at radius 3 is 2.32 bits per heavy atom. The predicted molar refractivity (Wildman–Crippen MR) is 109 cm³/mol. The summed E-state index contributed by atoms with van der Waals surface area (Å²) in [6, 6.07) is 8.99. The standard InChI is InChI=1S/C23H33N3O2/c1-16-9-17(2)13-25(12-16)14-19-5-3-18(4-6-19)11-24-23(28)20-10-22(27)26(15-20)21-7-8-21/h3-6,16-17,20-21H,7-15H2,1-2H3,(H,24,28). The molecular weight excluding hydrogens is 350 g/mol. The normalized spacial score (nSPS) is 28.6. The Morgan fingerprint density at radius 1 is 1.04 bits per heavy atom. The van der Waals surface area contributed by atoms with Crippen LogP contribution in [0.2, 0.25) is 0 Å². The number of nitrogens with zero attached hydrogens (tertiary/aromatic N) is 2. The lowest BCUT2D eigenvalue weighted by Crippen LogP contribution is -2.38. The zero-order valence-corrected chi connectivity index (χ0v) is 17.2. The molecule has 3 aliphatic rings. The van der Waals surface area contributed by atoms with Gasteiger partial charge in [0, 0.05) is 45.2 Å². The molecule has 0 spiro atoms. The van der Waals surface area contributed by atoms with Crippen molar-refractivity contribution in [3.63, 3.8) is 0 Å². The highest BCUT2D eigenvalue weighted by atomic mass is 16.2. The maximum atomic E-state index is 12.4. The fourth-order valence-corrected chi connectivity index (χ4v) is 4.92. The van der Waals surface area contributed by atoms with Crippen LogP contribution in [-0.4, -0.2) is 47.3 Å². The van der Waals surface area contributed by atoms with Gasteiger partial charge in [0.25, 0.3) is 0 Å². The van der Waals surface area contributed by atoms with Crippen molar-refractivity contribution < 1.29 is 9.59 Å². The molecular formula is C23H33N3O2. The van der Waals surface area contributed by atoms with Crippen molar-refractivity contribution in [2.24, 2.45) is 17.8 Å². The predicted octanol–water partition coefficient (Wildman–Crippen LogP) is 2.79. The highest BCUT2D eigenvalue weighted by molar-refractivity contribution is 5.89. The second kappa shape index (κ2) is 8.24. The fourth-order valence-electron chi connectivity index (χ4n) is 4.92. The van der Waals surface area contributed by atoms with E-state index in [-0.39, 0.29) is 17.7 Å². The zero-order valence-electron chi connectivity index (χ0n) is 17.2. The Hall–Kier alpha value is -1.88. The third kappa shape index (κ3) is 4.75. The molecule has 3 unspecified atom stereocenters. The first-order chi connectivity index (χ1) is 13.5. The smallest absolute Gasteiger partial charge is 0.225 e. The molecule has 0 bridgehead atoms. The Morgan fingerprint density at radius 2 is 1.68 bits per heavy atom. The van der Waals surface area contributed by atoms with Gasteiger partial charge >= 0.3 is 0 Å². The molecule has 3 fully saturated rings. The molecule has 2 heterocycles. The summed E-state index contributed by atoms with van der Waals surface area (Å²) >= 11 is 0. The van der Waals surface area contributed by atoms with Crippen LogP contribution >= 0.6 is 0 Å². The molecule has 3 atom stereocenters. The first-order valence-corrected chi connectivity index (χ1v) is 10.8. The van der Waals surface area contributed by atoms with E-state index in [4.69, 9.17) is 0 Å². The van der Waals surface area contributed by atoms with Gasteiger partial charge < -0.3 is 10.2 Å². The minimum Gasteiger partial charge on any atom is -0.352 e. The van der Waals surface area contributed by atoms with Gasteiger partial charge in [0.15, 0.2) is 0 Å². The summed E-state index contributed by atoms with van der Waals surface area (Å²) < 4.78 is 0. The lowest BCUT2D eigenvalue weighted by Gasteiger charge is -2.35. The molecule has 1 N–H and O–H groups in total. The molecule has 0 aromatic heterocycles. The van der Waals surface area contributed by atoms with E-state index in [9.17, 15) is 9.59 Å². The summed E-state index contributed by atoms with van der Waals surface area (Å²) in [5.74, 6) is 1.52. The summed E-state index contributed by atoms with van der Waals surface area (Å²) in [5.41, 5.74) is 2.44. The van der Waals surface area contributed by atoms with Gasteiger partial charge in [-0.05, 0) is 42.2 Å². The molecule has 0 radical (unpaired) electrons. The molecule has 2 amide bonds.